The summed E-state index contributed by atoms with van der Waals surface area (Å²) in [5.41, 5.74) is 0. The van der Waals surface area contributed by atoms with Crippen molar-refractivity contribution in [2.75, 3.05) is 5.32 Å². The van der Waals surface area contributed by atoms with Crippen LogP contribution in [-0.4, -0.2) is 28.9 Å². The zero-order valence-corrected chi connectivity index (χ0v) is 12.0. The third-order valence-corrected chi connectivity index (χ3v) is 2.66. The van der Waals surface area contributed by atoms with Crippen LogP contribution in [-0.2, 0) is 9.59 Å². The highest BCUT2D eigenvalue weighted by Crippen LogP contribution is 2.16. The van der Waals surface area contributed by atoms with Gasteiger partial charge in [-0.25, -0.2) is 4.98 Å². The van der Waals surface area contributed by atoms with Gasteiger partial charge in [0.2, 0.25) is 5.91 Å². The Morgan fingerprint density at radius 2 is 1.95 bits per heavy atom. The molecular weight excluding hydrogens is 299 g/mol. The second kappa shape index (κ2) is 7.58. The normalized spacial score (nSPS) is 13.2. The van der Waals surface area contributed by atoms with Gasteiger partial charge in [-0.05, 0) is 18.1 Å². The van der Waals surface area contributed by atoms with Crippen molar-refractivity contribution in [2.24, 2.45) is 5.92 Å². The molecule has 22 heavy (non-hydrogen) atoms. The highest BCUT2D eigenvalue weighted by Gasteiger charge is 2.36. The first kappa shape index (κ1) is 17.7. The van der Waals surface area contributed by atoms with Crippen LogP contribution < -0.4 is 10.6 Å². The SMILES string of the molecule is CC(C)C(NC=CC(=O)C(F)(F)F)C(=O)Nc1ccccn1. The van der Waals surface area contributed by atoms with Crippen LogP contribution in [0.2, 0.25) is 0 Å². The van der Waals surface area contributed by atoms with Crippen molar-refractivity contribution in [3.8, 4) is 0 Å². The summed E-state index contributed by atoms with van der Waals surface area (Å²) in [6, 6.07) is 4.14. The average Bonchev–Trinajstić information content (AvgIpc) is 2.42. The lowest BCUT2D eigenvalue weighted by atomic mass is 10.0. The second-order valence-electron chi connectivity index (χ2n) is 4.79. The topological polar surface area (TPSA) is 71.1 Å². The molecule has 0 fully saturated rings. The van der Waals surface area contributed by atoms with E-state index in [1.807, 2.05) is 0 Å². The maximum Gasteiger partial charge on any atom is 0.454 e. The zero-order chi connectivity index (χ0) is 16.8. The van der Waals surface area contributed by atoms with Crippen molar-refractivity contribution in [1.82, 2.24) is 10.3 Å². The molecule has 0 spiro atoms. The number of nitrogens with one attached hydrogen (secondary N) is 2. The molecule has 0 bridgehead atoms. The number of hydrogen-bond donors (Lipinski definition) is 2. The number of hydrogen-bond acceptors (Lipinski definition) is 4. The third kappa shape index (κ3) is 5.55. The van der Waals surface area contributed by atoms with Crippen LogP contribution in [0.1, 0.15) is 13.8 Å². The fourth-order valence-corrected chi connectivity index (χ4v) is 1.53. The van der Waals surface area contributed by atoms with Gasteiger partial charge in [0.15, 0.2) is 0 Å². The van der Waals surface area contributed by atoms with E-state index in [0.29, 0.717) is 11.9 Å². The summed E-state index contributed by atoms with van der Waals surface area (Å²) >= 11 is 0. The van der Waals surface area contributed by atoms with Gasteiger partial charge in [0.05, 0.1) is 0 Å². The summed E-state index contributed by atoms with van der Waals surface area (Å²) in [5.74, 6) is -2.34. The fourth-order valence-electron chi connectivity index (χ4n) is 1.53. The third-order valence-electron chi connectivity index (χ3n) is 2.66. The molecular formula is C14H16F3N3O2. The van der Waals surface area contributed by atoms with Crippen molar-refractivity contribution in [3.63, 3.8) is 0 Å². The highest BCUT2D eigenvalue weighted by atomic mass is 19.4. The molecule has 1 rings (SSSR count). The maximum absolute atomic E-state index is 12.1. The Morgan fingerprint density at radius 3 is 2.45 bits per heavy atom. The number of alkyl halides is 3. The van der Waals surface area contributed by atoms with E-state index in [9.17, 15) is 22.8 Å². The quantitative estimate of drug-likeness (QED) is 0.790. The van der Waals surface area contributed by atoms with Crippen LogP contribution in [0.3, 0.4) is 0 Å². The van der Waals surface area contributed by atoms with Gasteiger partial charge in [0, 0.05) is 18.5 Å². The predicted octanol–water partition coefficient (Wildman–Crippen LogP) is 2.28. The van der Waals surface area contributed by atoms with Crippen LogP contribution >= 0.6 is 0 Å². The van der Waals surface area contributed by atoms with Gasteiger partial charge >= 0.3 is 6.18 Å². The molecule has 120 valence electrons. The van der Waals surface area contributed by atoms with Gasteiger partial charge in [0.1, 0.15) is 11.9 Å². The number of halogens is 3. The average molecular weight is 315 g/mol. The van der Waals surface area contributed by atoms with Crippen molar-refractivity contribution >= 4 is 17.5 Å². The number of carbonyl (C=O) groups excluding carboxylic acids is 2. The highest BCUT2D eigenvalue weighted by molar-refractivity contribution is 5.95. The molecule has 1 aromatic heterocycles. The number of anilines is 1. The predicted molar refractivity (Wildman–Crippen MR) is 74.8 cm³/mol. The number of allylic oxidation sites excluding steroid dienone is 1. The molecule has 1 aromatic rings. The Balaban J connectivity index is 2.68. The first-order valence-corrected chi connectivity index (χ1v) is 6.47. The number of nitrogens with zero attached hydrogens (tertiary/aromatic N) is 1. The summed E-state index contributed by atoms with van der Waals surface area (Å²) in [6.07, 6.45) is -2.25. The first-order valence-electron chi connectivity index (χ1n) is 6.47. The molecule has 1 amide bonds. The maximum atomic E-state index is 12.1. The number of ketones is 1. The molecule has 0 radical (unpaired) electrons. The van der Waals surface area contributed by atoms with Crippen LogP contribution in [0, 0.1) is 5.92 Å². The number of carbonyl (C=O) groups is 2. The molecule has 0 aromatic carbocycles. The molecule has 1 heterocycles. The first-order chi connectivity index (χ1) is 10.2. The van der Waals surface area contributed by atoms with Crippen molar-refractivity contribution in [1.29, 1.82) is 0 Å². The minimum absolute atomic E-state index is 0.214. The number of pyridine rings is 1. The van der Waals surface area contributed by atoms with Gasteiger partial charge in [-0.1, -0.05) is 19.9 Å². The molecule has 1 unspecified atom stereocenters. The molecule has 0 saturated carbocycles. The van der Waals surface area contributed by atoms with E-state index in [-0.39, 0.29) is 5.92 Å². The lowest BCUT2D eigenvalue weighted by molar-refractivity contribution is -0.165. The molecule has 1 atom stereocenters. The molecule has 5 nitrogen and oxygen atoms in total. The number of amides is 1. The molecule has 0 aliphatic rings. The Morgan fingerprint density at radius 1 is 1.27 bits per heavy atom. The smallest absolute Gasteiger partial charge is 0.379 e. The second-order valence-corrected chi connectivity index (χ2v) is 4.79. The Kier molecular flexibility index (Phi) is 6.09. The van der Waals surface area contributed by atoms with Crippen molar-refractivity contribution < 1.29 is 22.8 Å². The minimum Gasteiger partial charge on any atom is -0.379 e. The fraction of sp³-hybridized carbons (Fsp3) is 0.357. The molecule has 8 heteroatoms. The van der Waals surface area contributed by atoms with Gasteiger partial charge in [-0.2, -0.15) is 13.2 Å². The van der Waals surface area contributed by atoms with Crippen LogP contribution in [0.25, 0.3) is 0 Å². The molecule has 0 aliphatic carbocycles. The summed E-state index contributed by atoms with van der Waals surface area (Å²) < 4.78 is 36.2. The number of rotatable bonds is 6. The van der Waals surface area contributed by atoms with E-state index in [0.717, 1.165) is 6.20 Å². The standard InChI is InChI=1S/C14H16F3N3O2/c1-9(2)12(19-8-6-10(21)14(15,16)17)13(22)20-11-5-3-4-7-18-11/h3-9,12,19H,1-2H3,(H,18,20,22). The van der Waals surface area contributed by atoms with Crippen molar-refractivity contribution in [2.45, 2.75) is 26.1 Å². The Hall–Kier alpha value is -2.38. The van der Waals surface area contributed by atoms with E-state index in [2.05, 4.69) is 15.6 Å². The molecule has 0 aliphatic heterocycles. The van der Waals surface area contributed by atoms with E-state index >= 15 is 0 Å². The summed E-state index contributed by atoms with van der Waals surface area (Å²) in [4.78, 5) is 26.7. The van der Waals surface area contributed by atoms with Gasteiger partial charge < -0.3 is 10.6 Å². The van der Waals surface area contributed by atoms with Crippen LogP contribution in [0.4, 0.5) is 19.0 Å². The summed E-state index contributed by atoms with van der Waals surface area (Å²) in [6.45, 7) is 3.43. The molecule has 2 N–H and O–H groups in total. The Labute approximate surface area is 125 Å². The summed E-state index contributed by atoms with van der Waals surface area (Å²) in [5, 5.41) is 5.04. The van der Waals surface area contributed by atoms with Crippen LogP contribution in [0.15, 0.2) is 36.7 Å². The summed E-state index contributed by atoms with van der Waals surface area (Å²) in [7, 11) is 0. The van der Waals surface area contributed by atoms with Crippen molar-refractivity contribution in [3.05, 3.63) is 36.7 Å². The Bertz CT molecular complexity index is 542. The van der Waals surface area contributed by atoms with Gasteiger partial charge in [0.25, 0.3) is 5.78 Å². The monoisotopic (exact) mass is 315 g/mol. The van der Waals surface area contributed by atoms with E-state index < -0.39 is 23.9 Å². The van der Waals surface area contributed by atoms with E-state index in [4.69, 9.17) is 0 Å². The zero-order valence-electron chi connectivity index (χ0n) is 12.0. The number of aromatic nitrogens is 1. The largest absolute Gasteiger partial charge is 0.454 e. The lowest BCUT2D eigenvalue weighted by Gasteiger charge is -2.20. The van der Waals surface area contributed by atoms with E-state index in [1.165, 1.54) is 6.20 Å². The van der Waals surface area contributed by atoms with E-state index in [1.54, 1.807) is 32.0 Å². The van der Waals surface area contributed by atoms with Gasteiger partial charge in [-0.3, -0.25) is 9.59 Å². The minimum atomic E-state index is -4.93. The van der Waals surface area contributed by atoms with Crippen LogP contribution in [0.5, 0.6) is 0 Å². The molecule has 0 saturated heterocycles. The lowest BCUT2D eigenvalue weighted by Crippen LogP contribution is -2.42. The van der Waals surface area contributed by atoms with Gasteiger partial charge in [-0.15, -0.1) is 0 Å².